The summed E-state index contributed by atoms with van der Waals surface area (Å²) in [5.41, 5.74) is 8.72. The van der Waals surface area contributed by atoms with Gasteiger partial charge in [0.15, 0.2) is 0 Å². The predicted octanol–water partition coefficient (Wildman–Crippen LogP) is 8.54. The number of allylic oxidation sites excluding steroid dienone is 4. The number of hydrogen-bond donors (Lipinski definition) is 0. The lowest BCUT2D eigenvalue weighted by Gasteiger charge is -2.28. The minimum atomic E-state index is -0.0315. The van der Waals surface area contributed by atoms with E-state index in [2.05, 4.69) is 126 Å². The Hall–Kier alpha value is -2.84. The Balaban J connectivity index is 1.91. The summed E-state index contributed by atoms with van der Waals surface area (Å²) in [4.78, 5) is 2.29. The Morgan fingerprint density at radius 3 is 2.27 bits per heavy atom. The SMILES string of the molecule is C=C/C=C(\C=C/C)N(c1ccc(Br)cc1)c1ccc2c(c1)C(C)(C)c1ccccc1-2. The summed E-state index contributed by atoms with van der Waals surface area (Å²) in [7, 11) is 0. The molecule has 0 N–H and O–H groups in total. The van der Waals surface area contributed by atoms with Crippen molar-refractivity contribution in [3.63, 3.8) is 0 Å². The molecular formula is C28H26BrN. The molecule has 0 spiro atoms. The van der Waals surface area contributed by atoms with Crippen LogP contribution in [0, 0.1) is 0 Å². The summed E-state index contributed by atoms with van der Waals surface area (Å²) in [6.07, 6.45) is 8.08. The quantitative estimate of drug-likeness (QED) is 0.348. The van der Waals surface area contributed by atoms with Gasteiger partial charge in [-0.2, -0.15) is 0 Å². The number of hydrogen-bond acceptors (Lipinski definition) is 1. The Morgan fingerprint density at radius 2 is 1.57 bits per heavy atom. The van der Waals surface area contributed by atoms with Crippen LogP contribution in [-0.4, -0.2) is 0 Å². The minimum Gasteiger partial charge on any atom is -0.311 e. The lowest BCUT2D eigenvalue weighted by molar-refractivity contribution is 0.660. The van der Waals surface area contributed by atoms with Gasteiger partial charge in [-0.15, -0.1) is 0 Å². The van der Waals surface area contributed by atoms with E-state index in [0.717, 1.165) is 21.5 Å². The molecule has 1 aliphatic carbocycles. The van der Waals surface area contributed by atoms with Crippen molar-refractivity contribution < 1.29 is 0 Å². The average molecular weight is 456 g/mol. The molecule has 30 heavy (non-hydrogen) atoms. The smallest absolute Gasteiger partial charge is 0.0465 e. The van der Waals surface area contributed by atoms with Gasteiger partial charge in [0, 0.05) is 27.0 Å². The number of anilines is 2. The second kappa shape index (κ2) is 8.12. The van der Waals surface area contributed by atoms with Crippen LogP contribution in [0.25, 0.3) is 11.1 Å². The van der Waals surface area contributed by atoms with Gasteiger partial charge in [0.2, 0.25) is 0 Å². The monoisotopic (exact) mass is 455 g/mol. The van der Waals surface area contributed by atoms with Gasteiger partial charge < -0.3 is 4.90 Å². The normalized spacial score (nSPS) is 14.5. The average Bonchev–Trinajstić information content (AvgIpc) is 2.97. The highest BCUT2D eigenvalue weighted by atomic mass is 79.9. The van der Waals surface area contributed by atoms with Crippen molar-refractivity contribution in [1.82, 2.24) is 0 Å². The molecule has 1 nitrogen and oxygen atoms in total. The summed E-state index contributed by atoms with van der Waals surface area (Å²) in [6.45, 7) is 10.6. The van der Waals surface area contributed by atoms with Crippen molar-refractivity contribution in [3.05, 3.63) is 119 Å². The van der Waals surface area contributed by atoms with Crippen LogP contribution in [0.15, 0.2) is 108 Å². The highest BCUT2D eigenvalue weighted by Gasteiger charge is 2.35. The van der Waals surface area contributed by atoms with Crippen molar-refractivity contribution >= 4 is 27.3 Å². The number of halogens is 1. The molecule has 0 heterocycles. The summed E-state index contributed by atoms with van der Waals surface area (Å²) < 4.78 is 1.07. The van der Waals surface area contributed by atoms with Crippen LogP contribution >= 0.6 is 15.9 Å². The molecule has 2 heteroatoms. The summed E-state index contributed by atoms with van der Waals surface area (Å²) in [5, 5.41) is 0. The number of benzene rings is 3. The lowest BCUT2D eigenvalue weighted by atomic mass is 9.82. The second-order valence-corrected chi connectivity index (χ2v) is 8.96. The molecule has 1 aliphatic rings. The summed E-state index contributed by atoms with van der Waals surface area (Å²) in [5.74, 6) is 0. The third kappa shape index (κ3) is 3.46. The molecule has 0 aliphatic heterocycles. The molecule has 4 rings (SSSR count). The zero-order valence-corrected chi connectivity index (χ0v) is 19.3. The van der Waals surface area contributed by atoms with Gasteiger partial charge in [-0.3, -0.25) is 0 Å². The van der Waals surface area contributed by atoms with Crippen LogP contribution < -0.4 is 4.90 Å². The van der Waals surface area contributed by atoms with Gasteiger partial charge in [-0.25, -0.2) is 0 Å². The van der Waals surface area contributed by atoms with E-state index in [1.54, 1.807) is 0 Å². The van der Waals surface area contributed by atoms with Crippen LogP contribution in [-0.2, 0) is 5.41 Å². The number of fused-ring (bicyclic) bond motifs is 3. The molecule has 0 saturated heterocycles. The standard InChI is InChI=1S/C28H26BrN/c1-5-9-21(10-6-2)30(22-15-13-20(29)14-16-22)23-17-18-25-24-11-7-8-12-26(24)28(3,4)27(25)19-23/h5-19H,1H2,2-4H3/b10-6-,21-9+. The van der Waals surface area contributed by atoms with E-state index < -0.39 is 0 Å². The Labute approximate surface area is 188 Å². The summed E-state index contributed by atoms with van der Waals surface area (Å²) in [6, 6.07) is 24.0. The zero-order valence-electron chi connectivity index (χ0n) is 17.7. The highest BCUT2D eigenvalue weighted by molar-refractivity contribution is 9.10. The van der Waals surface area contributed by atoms with Crippen LogP contribution in [0.3, 0.4) is 0 Å². The van der Waals surface area contributed by atoms with Gasteiger partial charge in [-0.05, 0) is 77.7 Å². The largest absolute Gasteiger partial charge is 0.311 e. The van der Waals surface area contributed by atoms with Gasteiger partial charge >= 0.3 is 0 Å². The van der Waals surface area contributed by atoms with Crippen molar-refractivity contribution in [3.8, 4) is 11.1 Å². The first-order valence-electron chi connectivity index (χ1n) is 10.2. The molecule has 0 saturated carbocycles. The van der Waals surface area contributed by atoms with Gasteiger partial charge in [0.05, 0.1) is 0 Å². The van der Waals surface area contributed by atoms with Crippen LogP contribution in [0.2, 0.25) is 0 Å². The molecule has 3 aromatic rings. The van der Waals surface area contributed by atoms with E-state index in [0.29, 0.717) is 0 Å². The van der Waals surface area contributed by atoms with Crippen molar-refractivity contribution in [2.24, 2.45) is 0 Å². The maximum atomic E-state index is 3.93. The minimum absolute atomic E-state index is 0.0315. The lowest BCUT2D eigenvalue weighted by Crippen LogP contribution is -2.18. The molecule has 0 atom stereocenters. The van der Waals surface area contributed by atoms with E-state index >= 15 is 0 Å². The van der Waals surface area contributed by atoms with Crippen molar-refractivity contribution in [1.29, 1.82) is 0 Å². The van der Waals surface area contributed by atoms with Crippen LogP contribution in [0.4, 0.5) is 11.4 Å². The van der Waals surface area contributed by atoms with Gasteiger partial charge in [0.1, 0.15) is 0 Å². The zero-order chi connectivity index (χ0) is 21.3. The molecule has 0 fully saturated rings. The first-order valence-corrected chi connectivity index (χ1v) is 11.0. The van der Waals surface area contributed by atoms with E-state index in [4.69, 9.17) is 0 Å². The molecule has 0 radical (unpaired) electrons. The van der Waals surface area contributed by atoms with E-state index in [9.17, 15) is 0 Å². The second-order valence-electron chi connectivity index (χ2n) is 8.04. The fraction of sp³-hybridized carbons (Fsp3) is 0.143. The third-order valence-corrected chi connectivity index (χ3v) is 6.32. The van der Waals surface area contributed by atoms with Crippen molar-refractivity contribution in [2.45, 2.75) is 26.2 Å². The Bertz CT molecular complexity index is 1150. The molecular weight excluding hydrogens is 430 g/mol. The van der Waals surface area contributed by atoms with E-state index in [1.807, 2.05) is 13.0 Å². The maximum absolute atomic E-state index is 3.93. The van der Waals surface area contributed by atoms with E-state index in [-0.39, 0.29) is 5.41 Å². The maximum Gasteiger partial charge on any atom is 0.0465 e. The third-order valence-electron chi connectivity index (χ3n) is 5.79. The van der Waals surface area contributed by atoms with Crippen molar-refractivity contribution in [2.75, 3.05) is 4.90 Å². The van der Waals surface area contributed by atoms with Gasteiger partial charge in [0.25, 0.3) is 0 Å². The molecule has 0 amide bonds. The van der Waals surface area contributed by atoms with Crippen LogP contribution in [0.5, 0.6) is 0 Å². The number of rotatable bonds is 5. The first kappa shape index (κ1) is 20.4. The summed E-state index contributed by atoms with van der Waals surface area (Å²) >= 11 is 3.56. The molecule has 0 aromatic heterocycles. The molecule has 0 unspecified atom stereocenters. The van der Waals surface area contributed by atoms with E-state index in [1.165, 1.54) is 22.3 Å². The first-order chi connectivity index (χ1) is 14.5. The fourth-order valence-electron chi connectivity index (χ4n) is 4.36. The fourth-order valence-corrected chi connectivity index (χ4v) is 4.63. The Kier molecular flexibility index (Phi) is 5.53. The molecule has 0 bridgehead atoms. The molecule has 150 valence electrons. The Morgan fingerprint density at radius 1 is 0.900 bits per heavy atom. The highest BCUT2D eigenvalue weighted by Crippen LogP contribution is 2.50. The number of nitrogens with zero attached hydrogens (tertiary/aromatic N) is 1. The topological polar surface area (TPSA) is 3.24 Å². The van der Waals surface area contributed by atoms with Crippen LogP contribution in [0.1, 0.15) is 31.9 Å². The van der Waals surface area contributed by atoms with Gasteiger partial charge in [-0.1, -0.05) is 78.8 Å². The molecule has 3 aromatic carbocycles. The predicted molar refractivity (Wildman–Crippen MR) is 133 cm³/mol.